The highest BCUT2D eigenvalue weighted by atomic mass is 32.2. The van der Waals surface area contributed by atoms with Crippen LogP contribution in [0.1, 0.15) is 32.3 Å². The Morgan fingerprint density at radius 3 is 2.80 bits per heavy atom. The Hall–Kier alpha value is -0.780. The molecule has 3 N–H and O–H groups in total. The summed E-state index contributed by atoms with van der Waals surface area (Å²) in [5.41, 5.74) is 7.81. The molecule has 112 valence electrons. The van der Waals surface area contributed by atoms with Gasteiger partial charge < -0.3 is 15.8 Å². The van der Waals surface area contributed by atoms with E-state index in [0.29, 0.717) is 11.6 Å². The largest absolute Gasteiger partial charge is 0.389 e. The third-order valence-electron chi connectivity index (χ3n) is 2.78. The Morgan fingerprint density at radius 1 is 1.35 bits per heavy atom. The van der Waals surface area contributed by atoms with Crippen LogP contribution in [0, 0.1) is 0 Å². The number of nitrogens with one attached hydrogen (secondary N) is 1. The molecule has 1 aromatic rings. The lowest BCUT2D eigenvalue weighted by Crippen LogP contribution is -2.17. The minimum Gasteiger partial charge on any atom is -0.389 e. The van der Waals surface area contributed by atoms with E-state index in [-0.39, 0.29) is 0 Å². The number of thioether (sulfide) groups is 1. The average molecular weight is 313 g/mol. The molecule has 0 saturated heterocycles. The number of rotatable bonds is 10. The lowest BCUT2D eigenvalue weighted by atomic mass is 10.1. The molecule has 0 heterocycles. The summed E-state index contributed by atoms with van der Waals surface area (Å²) in [7, 11) is 0. The quantitative estimate of drug-likeness (QED) is 0.392. The fourth-order valence-electron chi connectivity index (χ4n) is 1.81. The van der Waals surface area contributed by atoms with Gasteiger partial charge in [-0.15, -0.1) is 11.8 Å². The summed E-state index contributed by atoms with van der Waals surface area (Å²) >= 11 is 6.94. The van der Waals surface area contributed by atoms with Crippen molar-refractivity contribution in [3.05, 3.63) is 23.8 Å². The normalized spacial score (nSPS) is 10.5. The summed E-state index contributed by atoms with van der Waals surface area (Å²) in [4.78, 5) is 1.58. The SMILES string of the molecule is CCCCOCCNc1cccc(SCC)c1C(N)=S. The first-order valence-electron chi connectivity index (χ1n) is 7.07. The lowest BCUT2D eigenvalue weighted by Gasteiger charge is -2.14. The molecule has 20 heavy (non-hydrogen) atoms. The topological polar surface area (TPSA) is 47.3 Å². The van der Waals surface area contributed by atoms with Gasteiger partial charge in [-0.1, -0.05) is 38.6 Å². The highest BCUT2D eigenvalue weighted by Gasteiger charge is 2.10. The van der Waals surface area contributed by atoms with Crippen LogP contribution in [0.15, 0.2) is 23.1 Å². The summed E-state index contributed by atoms with van der Waals surface area (Å²) in [6, 6.07) is 6.10. The van der Waals surface area contributed by atoms with Crippen molar-refractivity contribution < 1.29 is 4.74 Å². The highest BCUT2D eigenvalue weighted by molar-refractivity contribution is 7.99. The van der Waals surface area contributed by atoms with Crippen molar-refractivity contribution in [1.29, 1.82) is 0 Å². The first kappa shape index (κ1) is 17.3. The van der Waals surface area contributed by atoms with E-state index in [0.717, 1.165) is 47.9 Å². The number of hydrogen-bond donors (Lipinski definition) is 2. The molecule has 0 spiro atoms. The molecule has 0 saturated carbocycles. The third-order valence-corrected chi connectivity index (χ3v) is 3.92. The van der Waals surface area contributed by atoms with Crippen molar-refractivity contribution in [1.82, 2.24) is 0 Å². The van der Waals surface area contributed by atoms with Crippen LogP contribution in [0.25, 0.3) is 0 Å². The molecule has 0 aromatic heterocycles. The van der Waals surface area contributed by atoms with Crippen molar-refractivity contribution in [2.45, 2.75) is 31.6 Å². The standard InChI is InChI=1S/C15H24N2OS2/c1-3-5-10-18-11-9-17-12-7-6-8-13(20-4-2)14(12)15(16)19/h6-8,17H,3-5,9-11H2,1-2H3,(H2,16,19). The van der Waals surface area contributed by atoms with E-state index in [4.69, 9.17) is 22.7 Å². The third kappa shape index (κ3) is 5.69. The molecule has 0 fully saturated rings. The highest BCUT2D eigenvalue weighted by Crippen LogP contribution is 2.28. The molecule has 0 bridgehead atoms. The van der Waals surface area contributed by atoms with E-state index in [9.17, 15) is 0 Å². The Labute approximate surface area is 131 Å². The van der Waals surface area contributed by atoms with Crippen molar-refractivity contribution in [3.63, 3.8) is 0 Å². The summed E-state index contributed by atoms with van der Waals surface area (Å²) in [6.45, 7) is 6.57. The Balaban J connectivity index is 2.60. The molecule has 0 aliphatic heterocycles. The molecular weight excluding hydrogens is 288 g/mol. The van der Waals surface area contributed by atoms with E-state index >= 15 is 0 Å². The van der Waals surface area contributed by atoms with Gasteiger partial charge in [-0.25, -0.2) is 0 Å². The minimum absolute atomic E-state index is 0.441. The monoisotopic (exact) mass is 312 g/mol. The molecule has 1 rings (SSSR count). The van der Waals surface area contributed by atoms with Gasteiger partial charge in [0, 0.05) is 29.3 Å². The Morgan fingerprint density at radius 2 is 2.15 bits per heavy atom. The zero-order chi connectivity index (χ0) is 14.8. The van der Waals surface area contributed by atoms with Crippen LogP contribution >= 0.6 is 24.0 Å². The second-order valence-electron chi connectivity index (χ2n) is 4.37. The van der Waals surface area contributed by atoms with Crippen molar-refractivity contribution in [2.24, 2.45) is 5.73 Å². The van der Waals surface area contributed by atoms with Gasteiger partial charge >= 0.3 is 0 Å². The zero-order valence-corrected chi connectivity index (χ0v) is 13.9. The van der Waals surface area contributed by atoms with Gasteiger partial charge in [-0.2, -0.15) is 0 Å². The van der Waals surface area contributed by atoms with Crippen LogP contribution in [0.4, 0.5) is 5.69 Å². The van der Waals surface area contributed by atoms with Gasteiger partial charge in [0.15, 0.2) is 0 Å². The molecule has 0 amide bonds. The Kier molecular flexibility index (Phi) is 8.65. The van der Waals surface area contributed by atoms with Gasteiger partial charge in [0.2, 0.25) is 0 Å². The first-order chi connectivity index (χ1) is 9.70. The Bertz CT molecular complexity index is 424. The van der Waals surface area contributed by atoms with Gasteiger partial charge in [0.05, 0.1) is 6.61 Å². The molecule has 0 aliphatic carbocycles. The van der Waals surface area contributed by atoms with Gasteiger partial charge in [-0.3, -0.25) is 0 Å². The molecule has 1 aromatic carbocycles. The van der Waals surface area contributed by atoms with Crippen LogP contribution in [0.2, 0.25) is 0 Å². The van der Waals surface area contributed by atoms with Crippen LogP contribution < -0.4 is 11.1 Å². The summed E-state index contributed by atoms with van der Waals surface area (Å²) in [5.74, 6) is 0.999. The molecule has 0 unspecified atom stereocenters. The van der Waals surface area contributed by atoms with Crippen molar-refractivity contribution in [2.75, 3.05) is 30.8 Å². The van der Waals surface area contributed by atoms with Crippen molar-refractivity contribution >= 4 is 34.7 Å². The number of thiocarbonyl (C=S) groups is 1. The zero-order valence-electron chi connectivity index (χ0n) is 12.3. The van der Waals surface area contributed by atoms with Crippen LogP contribution in [-0.2, 0) is 4.74 Å². The fourth-order valence-corrected chi connectivity index (χ4v) is 2.95. The van der Waals surface area contributed by atoms with E-state index in [1.165, 1.54) is 0 Å². The summed E-state index contributed by atoms with van der Waals surface area (Å²) in [6.07, 6.45) is 2.27. The predicted octanol–water partition coefficient (Wildman–Crippen LogP) is 3.66. The number of nitrogens with two attached hydrogens (primary N) is 1. The molecule has 0 aliphatic rings. The summed E-state index contributed by atoms with van der Waals surface area (Å²) in [5, 5.41) is 3.36. The smallest absolute Gasteiger partial charge is 0.107 e. The first-order valence-corrected chi connectivity index (χ1v) is 8.47. The van der Waals surface area contributed by atoms with E-state index < -0.39 is 0 Å². The van der Waals surface area contributed by atoms with Crippen LogP contribution in [-0.4, -0.2) is 30.5 Å². The number of benzene rings is 1. The van der Waals surface area contributed by atoms with E-state index in [2.05, 4.69) is 25.2 Å². The van der Waals surface area contributed by atoms with Crippen molar-refractivity contribution in [3.8, 4) is 0 Å². The van der Waals surface area contributed by atoms with Crippen LogP contribution in [0.5, 0.6) is 0 Å². The molecule has 5 heteroatoms. The second kappa shape index (κ2) is 10.0. The maximum absolute atomic E-state index is 5.86. The molecule has 0 atom stereocenters. The lowest BCUT2D eigenvalue weighted by molar-refractivity contribution is 0.141. The van der Waals surface area contributed by atoms with E-state index in [1.807, 2.05) is 12.1 Å². The fraction of sp³-hybridized carbons (Fsp3) is 0.533. The van der Waals surface area contributed by atoms with Crippen LogP contribution in [0.3, 0.4) is 0 Å². The maximum Gasteiger partial charge on any atom is 0.107 e. The number of hydrogen-bond acceptors (Lipinski definition) is 4. The van der Waals surface area contributed by atoms with E-state index in [1.54, 1.807) is 11.8 Å². The number of anilines is 1. The molecule has 0 radical (unpaired) electrons. The van der Waals surface area contributed by atoms with Gasteiger partial charge in [-0.05, 0) is 24.3 Å². The maximum atomic E-state index is 5.86. The number of ether oxygens (including phenoxy) is 1. The predicted molar refractivity (Wildman–Crippen MR) is 92.9 cm³/mol. The molecular formula is C15H24N2OS2. The summed E-state index contributed by atoms with van der Waals surface area (Å²) < 4.78 is 5.54. The number of unbranched alkanes of at least 4 members (excludes halogenated alkanes) is 1. The minimum atomic E-state index is 0.441. The second-order valence-corrected chi connectivity index (χ2v) is 6.11. The van der Waals surface area contributed by atoms with Gasteiger partial charge in [0.1, 0.15) is 4.99 Å². The van der Waals surface area contributed by atoms with Gasteiger partial charge in [0.25, 0.3) is 0 Å². The average Bonchev–Trinajstić information content (AvgIpc) is 2.43. The molecule has 3 nitrogen and oxygen atoms in total.